The molecule has 1 aromatic carbocycles. The van der Waals surface area contributed by atoms with Crippen molar-refractivity contribution in [2.45, 2.75) is 19.4 Å². The first kappa shape index (κ1) is 14.1. The maximum Gasteiger partial charge on any atom is 0.251 e. The number of aryl methyl sites for hydroxylation is 1. The molecule has 0 saturated heterocycles. The van der Waals surface area contributed by atoms with Gasteiger partial charge in [-0.05, 0) is 19.1 Å². The van der Waals surface area contributed by atoms with Crippen LogP contribution < -0.4 is 16.6 Å². The third kappa shape index (κ3) is 4.52. The molecule has 1 rings (SSSR count). The summed E-state index contributed by atoms with van der Waals surface area (Å²) in [4.78, 5) is 22.5. The van der Waals surface area contributed by atoms with Crippen LogP contribution in [0.4, 0.5) is 0 Å². The fraction of sp³-hybridized carbons (Fsp3) is 0.333. The summed E-state index contributed by atoms with van der Waals surface area (Å²) in [7, 11) is 0. The van der Waals surface area contributed by atoms with Crippen molar-refractivity contribution in [3.63, 3.8) is 0 Å². The summed E-state index contributed by atoms with van der Waals surface area (Å²) in [6, 6.07) is 7.05. The van der Waals surface area contributed by atoms with Crippen LogP contribution in [0.2, 0.25) is 0 Å². The molecule has 0 bridgehead atoms. The molecule has 0 spiro atoms. The van der Waals surface area contributed by atoms with Crippen LogP contribution in [0, 0.1) is 6.92 Å². The molecule has 18 heavy (non-hydrogen) atoms. The van der Waals surface area contributed by atoms with Gasteiger partial charge in [0, 0.05) is 12.1 Å². The van der Waals surface area contributed by atoms with Crippen molar-refractivity contribution in [1.82, 2.24) is 10.7 Å². The Morgan fingerprint density at radius 3 is 2.50 bits per heavy atom. The molecule has 0 radical (unpaired) electrons. The van der Waals surface area contributed by atoms with Gasteiger partial charge in [0.2, 0.25) is 5.91 Å². The number of hydrogen-bond acceptors (Lipinski definition) is 4. The van der Waals surface area contributed by atoms with Crippen molar-refractivity contribution >= 4 is 11.8 Å². The Hall–Kier alpha value is -1.92. The highest BCUT2D eigenvalue weighted by Crippen LogP contribution is 2.02. The lowest BCUT2D eigenvalue weighted by atomic mass is 10.1. The molecule has 0 aliphatic carbocycles. The van der Waals surface area contributed by atoms with Gasteiger partial charge in [-0.1, -0.05) is 17.7 Å². The molecule has 1 atom stereocenters. The van der Waals surface area contributed by atoms with Crippen LogP contribution in [-0.2, 0) is 4.79 Å². The lowest BCUT2D eigenvalue weighted by Gasteiger charge is -2.11. The van der Waals surface area contributed by atoms with Gasteiger partial charge in [0.25, 0.3) is 5.91 Å². The van der Waals surface area contributed by atoms with Gasteiger partial charge in [-0.15, -0.1) is 0 Å². The van der Waals surface area contributed by atoms with E-state index in [0.29, 0.717) is 5.56 Å². The highest BCUT2D eigenvalue weighted by atomic mass is 16.3. The Balaban J connectivity index is 2.41. The summed E-state index contributed by atoms with van der Waals surface area (Å²) in [5, 5.41) is 12.0. The molecule has 5 N–H and O–H groups in total. The van der Waals surface area contributed by atoms with E-state index in [4.69, 9.17) is 5.84 Å². The monoisotopic (exact) mass is 251 g/mol. The molecule has 0 aromatic heterocycles. The summed E-state index contributed by atoms with van der Waals surface area (Å²) < 4.78 is 0. The first-order valence-corrected chi connectivity index (χ1v) is 5.55. The summed E-state index contributed by atoms with van der Waals surface area (Å²) in [5.41, 5.74) is 3.48. The Kier molecular flexibility index (Phi) is 5.29. The smallest absolute Gasteiger partial charge is 0.251 e. The number of carbonyl (C=O) groups is 2. The van der Waals surface area contributed by atoms with Gasteiger partial charge in [0.1, 0.15) is 0 Å². The van der Waals surface area contributed by atoms with Crippen LogP contribution in [0.25, 0.3) is 0 Å². The maximum absolute atomic E-state index is 11.7. The maximum atomic E-state index is 11.7. The van der Waals surface area contributed by atoms with Gasteiger partial charge in [0.15, 0.2) is 0 Å². The molecule has 0 saturated carbocycles. The Labute approximate surface area is 105 Å². The highest BCUT2D eigenvalue weighted by molar-refractivity contribution is 5.94. The average molecular weight is 251 g/mol. The number of nitrogens with two attached hydrogens (primary N) is 1. The molecule has 6 nitrogen and oxygen atoms in total. The van der Waals surface area contributed by atoms with Gasteiger partial charge in [-0.3, -0.25) is 15.0 Å². The van der Waals surface area contributed by atoms with Crippen molar-refractivity contribution in [3.05, 3.63) is 35.4 Å². The summed E-state index contributed by atoms with van der Waals surface area (Å²) >= 11 is 0. The van der Waals surface area contributed by atoms with Gasteiger partial charge >= 0.3 is 0 Å². The van der Waals surface area contributed by atoms with Gasteiger partial charge in [-0.2, -0.15) is 0 Å². The minimum atomic E-state index is -0.956. The number of amides is 2. The Morgan fingerprint density at radius 2 is 1.94 bits per heavy atom. The molecule has 0 aliphatic rings. The molecule has 98 valence electrons. The number of hydrazine groups is 1. The van der Waals surface area contributed by atoms with E-state index in [1.807, 2.05) is 24.5 Å². The van der Waals surface area contributed by atoms with Crippen molar-refractivity contribution in [2.75, 3.05) is 6.54 Å². The quantitative estimate of drug-likeness (QED) is 0.320. The molecule has 0 aliphatic heterocycles. The third-order valence-electron chi connectivity index (χ3n) is 2.39. The topological polar surface area (TPSA) is 104 Å². The van der Waals surface area contributed by atoms with E-state index in [9.17, 15) is 14.7 Å². The van der Waals surface area contributed by atoms with E-state index in [2.05, 4.69) is 5.32 Å². The van der Waals surface area contributed by atoms with E-state index in [1.54, 1.807) is 12.1 Å². The number of nitrogens with one attached hydrogen (secondary N) is 2. The number of hydrogen-bond donors (Lipinski definition) is 4. The van der Waals surface area contributed by atoms with Gasteiger partial charge in [0.05, 0.1) is 12.5 Å². The predicted molar refractivity (Wildman–Crippen MR) is 66.5 cm³/mol. The van der Waals surface area contributed by atoms with Crippen LogP contribution in [0.5, 0.6) is 0 Å². The molecule has 2 amide bonds. The molecule has 1 aromatic rings. The third-order valence-corrected chi connectivity index (χ3v) is 2.39. The molecular formula is C12H17N3O3. The first-order valence-electron chi connectivity index (χ1n) is 5.55. The van der Waals surface area contributed by atoms with Gasteiger partial charge < -0.3 is 10.4 Å². The minimum Gasteiger partial charge on any atom is -0.391 e. The second-order valence-corrected chi connectivity index (χ2v) is 4.00. The lowest BCUT2D eigenvalue weighted by Crippen LogP contribution is -2.38. The number of aliphatic hydroxyl groups excluding tert-OH is 1. The van der Waals surface area contributed by atoms with Crippen molar-refractivity contribution < 1.29 is 14.7 Å². The fourth-order valence-corrected chi connectivity index (χ4v) is 1.36. The largest absolute Gasteiger partial charge is 0.391 e. The summed E-state index contributed by atoms with van der Waals surface area (Å²) in [6.07, 6.45) is -1.10. The SMILES string of the molecule is Cc1ccc(C(=O)NCC(O)CC(=O)NN)cc1. The normalized spacial score (nSPS) is 11.7. The first-order chi connectivity index (χ1) is 8.52. The lowest BCUT2D eigenvalue weighted by molar-refractivity contribution is -0.123. The second kappa shape index (κ2) is 6.73. The van der Waals surface area contributed by atoms with E-state index < -0.39 is 12.0 Å². The van der Waals surface area contributed by atoms with Crippen LogP contribution in [-0.4, -0.2) is 29.6 Å². The van der Waals surface area contributed by atoms with Crippen molar-refractivity contribution in [1.29, 1.82) is 0 Å². The van der Waals surface area contributed by atoms with Crippen LogP contribution in [0.3, 0.4) is 0 Å². The summed E-state index contributed by atoms with van der Waals surface area (Å²) in [5.74, 6) is 4.11. The minimum absolute atomic E-state index is 0.000129. The highest BCUT2D eigenvalue weighted by Gasteiger charge is 2.12. The van der Waals surface area contributed by atoms with E-state index in [0.717, 1.165) is 5.56 Å². The van der Waals surface area contributed by atoms with Gasteiger partial charge in [-0.25, -0.2) is 5.84 Å². The number of carbonyl (C=O) groups excluding carboxylic acids is 2. The summed E-state index contributed by atoms with van der Waals surface area (Å²) in [6.45, 7) is 1.93. The average Bonchev–Trinajstić information content (AvgIpc) is 2.36. The standard InChI is InChI=1S/C12H17N3O3/c1-8-2-4-9(5-3-8)12(18)14-7-10(16)6-11(17)15-13/h2-5,10,16H,6-7,13H2,1H3,(H,14,18)(H,15,17). The molecule has 0 fully saturated rings. The molecule has 6 heteroatoms. The molecule has 0 heterocycles. The van der Waals surface area contributed by atoms with Crippen LogP contribution >= 0.6 is 0 Å². The molecular weight excluding hydrogens is 234 g/mol. The molecule has 1 unspecified atom stereocenters. The Bertz CT molecular complexity index is 417. The fourth-order valence-electron chi connectivity index (χ4n) is 1.36. The van der Waals surface area contributed by atoms with E-state index >= 15 is 0 Å². The second-order valence-electron chi connectivity index (χ2n) is 4.00. The zero-order valence-electron chi connectivity index (χ0n) is 10.1. The van der Waals surface area contributed by atoms with Crippen molar-refractivity contribution in [3.8, 4) is 0 Å². The number of aliphatic hydroxyl groups is 1. The van der Waals surface area contributed by atoms with E-state index in [1.165, 1.54) is 0 Å². The predicted octanol–water partition coefficient (Wildman–Crippen LogP) is -0.534. The Morgan fingerprint density at radius 1 is 1.33 bits per heavy atom. The zero-order chi connectivity index (χ0) is 13.5. The number of rotatable bonds is 5. The van der Waals surface area contributed by atoms with Crippen LogP contribution in [0.15, 0.2) is 24.3 Å². The van der Waals surface area contributed by atoms with E-state index in [-0.39, 0.29) is 18.9 Å². The van der Waals surface area contributed by atoms with Crippen molar-refractivity contribution in [2.24, 2.45) is 5.84 Å². The zero-order valence-corrected chi connectivity index (χ0v) is 10.1. The number of benzene rings is 1. The van der Waals surface area contributed by atoms with Crippen LogP contribution in [0.1, 0.15) is 22.3 Å².